The van der Waals surface area contributed by atoms with Crippen molar-refractivity contribution in [2.45, 2.75) is 23.0 Å². The van der Waals surface area contributed by atoms with E-state index in [0.717, 1.165) is 0 Å². The van der Waals surface area contributed by atoms with Crippen molar-refractivity contribution in [2.24, 2.45) is 0 Å². The Hall–Kier alpha value is -3.07. The Morgan fingerprint density at radius 3 is 2.48 bits per heavy atom. The first kappa shape index (κ1) is 19.3. The van der Waals surface area contributed by atoms with Crippen molar-refractivity contribution in [1.82, 2.24) is 10.1 Å². The molecule has 8 nitrogen and oxygen atoms in total. The molecular weight excluding hydrogens is 396 g/mol. The molecule has 0 atom stereocenters. The number of hydrogen-bond donors (Lipinski definition) is 0. The van der Waals surface area contributed by atoms with Crippen LogP contribution in [0.5, 0.6) is 5.75 Å². The Bertz CT molecular complexity index is 1080. The number of methoxy groups -OCH3 is 1. The van der Waals surface area contributed by atoms with E-state index in [4.69, 9.17) is 13.7 Å². The highest BCUT2D eigenvalue weighted by molar-refractivity contribution is 7.92. The number of likely N-dealkylation sites (tertiary alicyclic amines) is 1. The summed E-state index contributed by atoms with van der Waals surface area (Å²) in [5.41, 5.74) is 0.174. The Balaban J connectivity index is 1.41. The molecule has 29 heavy (non-hydrogen) atoms. The molecule has 0 bridgehead atoms. The van der Waals surface area contributed by atoms with Crippen LogP contribution in [0.4, 0.5) is 0 Å². The zero-order valence-electron chi connectivity index (χ0n) is 15.8. The normalized spacial score (nSPS) is 15.4. The number of ether oxygens (including phenoxy) is 1. The number of amides is 1. The second-order valence-corrected chi connectivity index (χ2v) is 8.99. The number of carbonyl (C=O) groups excluding carboxylic acids is 1. The molecule has 1 amide bonds. The second kappa shape index (κ2) is 7.75. The predicted molar refractivity (Wildman–Crippen MR) is 103 cm³/mol. The summed E-state index contributed by atoms with van der Waals surface area (Å²) in [7, 11) is -1.94. The number of aromatic nitrogens is 1. The Kier molecular flexibility index (Phi) is 5.14. The van der Waals surface area contributed by atoms with E-state index in [1.807, 2.05) is 0 Å². The number of piperidine rings is 1. The van der Waals surface area contributed by atoms with Gasteiger partial charge >= 0.3 is 0 Å². The lowest BCUT2D eigenvalue weighted by atomic mass is 10.1. The number of hydrogen-bond acceptors (Lipinski definition) is 7. The van der Waals surface area contributed by atoms with Crippen molar-refractivity contribution in [3.05, 3.63) is 54.4 Å². The molecule has 3 heterocycles. The fraction of sp³-hybridized carbons (Fsp3) is 0.300. The average Bonchev–Trinajstić information content (AvgIpc) is 3.45. The lowest BCUT2D eigenvalue weighted by Gasteiger charge is -2.31. The molecule has 0 aliphatic carbocycles. The standard InChI is InChI=1S/C20H20N2O6S/c1-26-14-4-6-15(7-5-14)29(24,25)16-8-10-22(11-9-16)20(23)17-13-19(28-21-17)18-3-2-12-27-18/h2-7,12-13,16H,8-11H2,1H3. The van der Waals surface area contributed by atoms with Gasteiger partial charge in [-0.2, -0.15) is 0 Å². The third kappa shape index (κ3) is 3.77. The molecule has 0 N–H and O–H groups in total. The number of furan rings is 1. The zero-order valence-corrected chi connectivity index (χ0v) is 16.6. The van der Waals surface area contributed by atoms with E-state index in [1.54, 1.807) is 41.3 Å². The van der Waals surface area contributed by atoms with E-state index in [2.05, 4.69) is 5.16 Å². The van der Waals surface area contributed by atoms with Crippen molar-refractivity contribution < 1.29 is 26.9 Å². The fourth-order valence-corrected chi connectivity index (χ4v) is 5.13. The van der Waals surface area contributed by atoms with Crippen LogP contribution in [0, 0.1) is 0 Å². The van der Waals surface area contributed by atoms with Gasteiger partial charge in [0.1, 0.15) is 5.75 Å². The fourth-order valence-electron chi connectivity index (χ4n) is 3.40. The van der Waals surface area contributed by atoms with Crippen LogP contribution >= 0.6 is 0 Å². The van der Waals surface area contributed by atoms with Gasteiger partial charge < -0.3 is 18.6 Å². The molecule has 1 saturated heterocycles. The Morgan fingerprint density at radius 1 is 1.14 bits per heavy atom. The minimum atomic E-state index is -3.47. The summed E-state index contributed by atoms with van der Waals surface area (Å²) >= 11 is 0. The highest BCUT2D eigenvalue weighted by Crippen LogP contribution is 2.27. The first-order valence-corrected chi connectivity index (χ1v) is 10.7. The summed E-state index contributed by atoms with van der Waals surface area (Å²) < 4.78 is 41.3. The highest BCUT2D eigenvalue weighted by atomic mass is 32.2. The summed E-state index contributed by atoms with van der Waals surface area (Å²) in [6.07, 6.45) is 2.24. The Morgan fingerprint density at radius 2 is 1.86 bits per heavy atom. The van der Waals surface area contributed by atoms with Crippen LogP contribution in [-0.2, 0) is 9.84 Å². The van der Waals surface area contributed by atoms with Gasteiger partial charge in [0.25, 0.3) is 5.91 Å². The van der Waals surface area contributed by atoms with E-state index in [-0.39, 0.29) is 16.5 Å². The van der Waals surface area contributed by atoms with Crippen molar-refractivity contribution in [3.63, 3.8) is 0 Å². The van der Waals surface area contributed by atoms with Gasteiger partial charge in [0.05, 0.1) is 23.5 Å². The maximum absolute atomic E-state index is 12.9. The first-order chi connectivity index (χ1) is 14.0. The van der Waals surface area contributed by atoms with Crippen LogP contribution < -0.4 is 4.74 Å². The quantitative estimate of drug-likeness (QED) is 0.630. The molecule has 4 rings (SSSR count). The molecule has 0 saturated carbocycles. The molecule has 3 aromatic rings. The van der Waals surface area contributed by atoms with Gasteiger partial charge in [-0.25, -0.2) is 8.42 Å². The van der Waals surface area contributed by atoms with E-state index in [9.17, 15) is 13.2 Å². The maximum Gasteiger partial charge on any atom is 0.276 e. The van der Waals surface area contributed by atoms with Crippen LogP contribution in [0.1, 0.15) is 23.3 Å². The van der Waals surface area contributed by atoms with Gasteiger partial charge in [0.2, 0.25) is 5.76 Å². The van der Waals surface area contributed by atoms with Crippen molar-refractivity contribution in [1.29, 1.82) is 0 Å². The van der Waals surface area contributed by atoms with Crippen LogP contribution in [-0.4, -0.2) is 49.8 Å². The molecule has 1 fully saturated rings. The van der Waals surface area contributed by atoms with Crippen LogP contribution in [0.15, 0.2) is 62.6 Å². The van der Waals surface area contributed by atoms with Crippen LogP contribution in [0.25, 0.3) is 11.5 Å². The van der Waals surface area contributed by atoms with Crippen molar-refractivity contribution in [2.75, 3.05) is 20.2 Å². The third-order valence-electron chi connectivity index (χ3n) is 5.05. The van der Waals surface area contributed by atoms with Gasteiger partial charge in [-0.05, 0) is 49.2 Å². The molecule has 152 valence electrons. The smallest absolute Gasteiger partial charge is 0.276 e. The van der Waals surface area contributed by atoms with Gasteiger partial charge in [-0.3, -0.25) is 4.79 Å². The van der Waals surface area contributed by atoms with Crippen LogP contribution in [0.2, 0.25) is 0 Å². The summed E-state index contributed by atoms with van der Waals surface area (Å²) in [6.45, 7) is 0.670. The molecule has 2 aromatic heterocycles. The molecule has 1 aliphatic heterocycles. The largest absolute Gasteiger partial charge is 0.497 e. The van der Waals surface area contributed by atoms with Gasteiger partial charge in [-0.15, -0.1) is 0 Å². The average molecular weight is 416 g/mol. The first-order valence-electron chi connectivity index (χ1n) is 9.17. The lowest BCUT2D eigenvalue weighted by molar-refractivity contribution is 0.0715. The van der Waals surface area contributed by atoms with E-state index < -0.39 is 15.1 Å². The number of rotatable bonds is 5. The van der Waals surface area contributed by atoms with E-state index >= 15 is 0 Å². The summed E-state index contributed by atoms with van der Waals surface area (Å²) in [5.74, 6) is 1.17. The van der Waals surface area contributed by atoms with Crippen molar-refractivity contribution >= 4 is 15.7 Å². The number of sulfone groups is 1. The topological polar surface area (TPSA) is 103 Å². The Labute approximate surface area is 168 Å². The molecular formula is C20H20N2O6S. The minimum absolute atomic E-state index is 0.174. The maximum atomic E-state index is 12.9. The molecule has 0 spiro atoms. The number of nitrogens with zero attached hydrogens (tertiary/aromatic N) is 2. The molecule has 0 radical (unpaired) electrons. The monoisotopic (exact) mass is 416 g/mol. The number of carbonyl (C=O) groups is 1. The van der Waals surface area contributed by atoms with Gasteiger partial charge in [-0.1, -0.05) is 5.16 Å². The zero-order chi connectivity index (χ0) is 20.4. The lowest BCUT2D eigenvalue weighted by Crippen LogP contribution is -2.42. The van der Waals surface area contributed by atoms with E-state index in [0.29, 0.717) is 43.2 Å². The summed E-state index contributed by atoms with van der Waals surface area (Å²) in [5, 5.41) is 3.29. The minimum Gasteiger partial charge on any atom is -0.497 e. The number of benzene rings is 1. The van der Waals surface area contributed by atoms with Crippen LogP contribution in [0.3, 0.4) is 0 Å². The predicted octanol–water partition coefficient (Wildman–Crippen LogP) is 3.02. The van der Waals surface area contributed by atoms with Gasteiger partial charge in [0, 0.05) is 19.2 Å². The summed E-state index contributed by atoms with van der Waals surface area (Å²) in [6, 6.07) is 11.3. The highest BCUT2D eigenvalue weighted by Gasteiger charge is 2.33. The van der Waals surface area contributed by atoms with Gasteiger partial charge in [0.15, 0.2) is 21.3 Å². The summed E-state index contributed by atoms with van der Waals surface area (Å²) in [4.78, 5) is 14.6. The molecule has 1 aromatic carbocycles. The molecule has 1 aliphatic rings. The van der Waals surface area contributed by atoms with E-state index in [1.165, 1.54) is 19.4 Å². The second-order valence-electron chi connectivity index (χ2n) is 6.77. The SMILES string of the molecule is COc1ccc(S(=O)(=O)C2CCN(C(=O)c3cc(-c4ccco4)on3)CC2)cc1. The third-order valence-corrected chi connectivity index (χ3v) is 7.33. The molecule has 9 heteroatoms. The van der Waals surface area contributed by atoms with Crippen molar-refractivity contribution in [3.8, 4) is 17.3 Å². The molecule has 0 unspecified atom stereocenters.